The minimum absolute atomic E-state index is 0.883. The van der Waals surface area contributed by atoms with Crippen LogP contribution in [0.4, 0.5) is 0 Å². The fourth-order valence-electron chi connectivity index (χ4n) is 1.61. The van der Waals surface area contributed by atoms with Gasteiger partial charge in [0.25, 0.3) is 0 Å². The first-order valence-electron chi connectivity index (χ1n) is 6.03. The third-order valence-electron chi connectivity index (χ3n) is 2.32. The van der Waals surface area contributed by atoms with Crippen LogP contribution in [0.15, 0.2) is 53.3 Å². The van der Waals surface area contributed by atoms with Gasteiger partial charge in [0.05, 0.1) is 11.8 Å². The number of furan rings is 1. The van der Waals surface area contributed by atoms with Crippen molar-refractivity contribution >= 4 is 20.2 Å². The molecular weight excluding hydrogens is 240 g/mol. The molecule has 0 aliphatic heterocycles. The Bertz CT molecular complexity index is 507. The van der Waals surface area contributed by atoms with E-state index in [1.165, 1.54) is 0 Å². The van der Waals surface area contributed by atoms with Crippen molar-refractivity contribution in [3.8, 4) is 0 Å². The maximum atomic E-state index is 6.13. The van der Waals surface area contributed by atoms with E-state index in [0.717, 1.165) is 16.9 Å². The number of hydrogen-bond acceptors (Lipinski definition) is 2. The third kappa shape index (κ3) is 3.63. The quantitative estimate of drug-likeness (QED) is 0.589. The van der Waals surface area contributed by atoms with Crippen LogP contribution < -0.4 is 0 Å². The zero-order chi connectivity index (χ0) is 13.0. The van der Waals surface area contributed by atoms with Gasteiger partial charge in [0.15, 0.2) is 0 Å². The molecular formula is C15H18O2Si. The average Bonchev–Trinajstić information content (AvgIpc) is 2.81. The molecule has 1 heterocycles. The van der Waals surface area contributed by atoms with Gasteiger partial charge < -0.3 is 8.84 Å². The highest BCUT2D eigenvalue weighted by Crippen LogP contribution is 2.24. The smallest absolute Gasteiger partial charge is 0.242 e. The molecule has 0 saturated heterocycles. The Balaban J connectivity index is 2.34. The van der Waals surface area contributed by atoms with Gasteiger partial charge in [-0.25, -0.2) is 0 Å². The Morgan fingerprint density at radius 1 is 1.11 bits per heavy atom. The summed E-state index contributed by atoms with van der Waals surface area (Å²) in [4.78, 5) is 0. The molecule has 0 atom stereocenters. The molecule has 0 aliphatic rings. The summed E-state index contributed by atoms with van der Waals surface area (Å²) >= 11 is 0. The van der Waals surface area contributed by atoms with E-state index in [2.05, 4.69) is 37.8 Å². The Labute approximate surface area is 109 Å². The average molecular weight is 258 g/mol. The Morgan fingerprint density at radius 2 is 1.83 bits per heavy atom. The third-order valence-corrected chi connectivity index (χ3v) is 3.15. The van der Waals surface area contributed by atoms with Gasteiger partial charge in [-0.15, -0.1) is 0 Å². The van der Waals surface area contributed by atoms with Crippen LogP contribution >= 0.6 is 0 Å². The van der Waals surface area contributed by atoms with Crippen molar-refractivity contribution in [1.29, 1.82) is 0 Å². The number of hydrogen-bond donors (Lipinski definition) is 0. The standard InChI is InChI=1S/C15H18O2Si/c1-18(2,3)17-15(14-9-10-16-12-14)11-13-7-5-4-6-8-13/h4-12H,1-3H3/b15-11-. The largest absolute Gasteiger partial charge is 0.544 e. The molecule has 0 amide bonds. The highest BCUT2D eigenvalue weighted by Gasteiger charge is 2.19. The van der Waals surface area contributed by atoms with Crippen LogP contribution in [0.25, 0.3) is 11.8 Å². The molecule has 0 bridgehead atoms. The van der Waals surface area contributed by atoms with E-state index < -0.39 is 8.32 Å². The molecule has 3 heteroatoms. The minimum Gasteiger partial charge on any atom is -0.544 e. The highest BCUT2D eigenvalue weighted by atomic mass is 28.4. The summed E-state index contributed by atoms with van der Waals surface area (Å²) in [7, 11) is -1.64. The fraction of sp³-hybridized carbons (Fsp3) is 0.200. The van der Waals surface area contributed by atoms with Crippen LogP contribution in [0, 0.1) is 0 Å². The van der Waals surface area contributed by atoms with E-state index in [9.17, 15) is 0 Å². The van der Waals surface area contributed by atoms with Gasteiger partial charge in [0.1, 0.15) is 12.0 Å². The van der Waals surface area contributed by atoms with E-state index in [4.69, 9.17) is 8.84 Å². The summed E-state index contributed by atoms with van der Waals surface area (Å²) in [6.07, 6.45) is 5.44. The summed E-state index contributed by atoms with van der Waals surface area (Å²) in [5.41, 5.74) is 2.12. The van der Waals surface area contributed by atoms with Crippen LogP contribution in [0.5, 0.6) is 0 Å². The molecule has 1 aromatic heterocycles. The van der Waals surface area contributed by atoms with E-state index >= 15 is 0 Å². The summed E-state index contributed by atoms with van der Waals surface area (Å²) in [6, 6.07) is 12.1. The molecule has 0 spiro atoms. The second-order valence-corrected chi connectivity index (χ2v) is 9.57. The lowest BCUT2D eigenvalue weighted by Crippen LogP contribution is -2.24. The number of rotatable bonds is 4. The molecule has 0 N–H and O–H groups in total. The van der Waals surface area contributed by atoms with Gasteiger partial charge in [-0.05, 0) is 37.3 Å². The van der Waals surface area contributed by atoms with Crippen molar-refractivity contribution in [2.45, 2.75) is 19.6 Å². The molecule has 1 aromatic carbocycles. The molecule has 0 radical (unpaired) electrons. The van der Waals surface area contributed by atoms with Gasteiger partial charge in [-0.3, -0.25) is 0 Å². The van der Waals surface area contributed by atoms with Gasteiger partial charge >= 0.3 is 0 Å². The second kappa shape index (κ2) is 5.27. The van der Waals surface area contributed by atoms with E-state index in [-0.39, 0.29) is 0 Å². The van der Waals surface area contributed by atoms with Crippen LogP contribution in [0.3, 0.4) is 0 Å². The highest BCUT2D eigenvalue weighted by molar-refractivity contribution is 6.70. The fourth-order valence-corrected chi connectivity index (χ4v) is 2.44. The van der Waals surface area contributed by atoms with Crippen LogP contribution in [0.1, 0.15) is 11.1 Å². The molecule has 0 saturated carbocycles. The molecule has 2 rings (SSSR count). The maximum Gasteiger partial charge on any atom is 0.242 e. The zero-order valence-corrected chi connectivity index (χ0v) is 12.0. The van der Waals surface area contributed by atoms with E-state index in [1.54, 1.807) is 12.5 Å². The van der Waals surface area contributed by atoms with Crippen molar-refractivity contribution in [2.24, 2.45) is 0 Å². The molecule has 2 nitrogen and oxygen atoms in total. The lowest BCUT2D eigenvalue weighted by molar-refractivity contribution is 0.513. The van der Waals surface area contributed by atoms with Crippen molar-refractivity contribution in [3.05, 3.63) is 60.1 Å². The Hall–Kier alpha value is -1.74. The molecule has 2 aromatic rings. The lowest BCUT2D eigenvalue weighted by atomic mass is 10.1. The van der Waals surface area contributed by atoms with E-state index in [1.807, 2.05) is 24.3 Å². The van der Waals surface area contributed by atoms with E-state index in [0.29, 0.717) is 0 Å². The zero-order valence-electron chi connectivity index (χ0n) is 11.0. The molecule has 18 heavy (non-hydrogen) atoms. The number of benzene rings is 1. The van der Waals surface area contributed by atoms with Crippen LogP contribution in [0.2, 0.25) is 19.6 Å². The normalized spacial score (nSPS) is 12.5. The van der Waals surface area contributed by atoms with Gasteiger partial charge in [0, 0.05) is 0 Å². The van der Waals surface area contributed by atoms with Gasteiger partial charge in [-0.1, -0.05) is 30.3 Å². The molecule has 0 fully saturated rings. The summed E-state index contributed by atoms with van der Waals surface area (Å²) in [6.45, 7) is 6.52. The van der Waals surface area contributed by atoms with Crippen molar-refractivity contribution in [1.82, 2.24) is 0 Å². The van der Waals surface area contributed by atoms with Crippen molar-refractivity contribution in [3.63, 3.8) is 0 Å². The Morgan fingerprint density at radius 3 is 2.39 bits per heavy atom. The topological polar surface area (TPSA) is 22.4 Å². The SMILES string of the molecule is C[Si](C)(C)O/C(=C\c1ccccc1)c1ccoc1. The second-order valence-electron chi connectivity index (χ2n) is 5.15. The van der Waals surface area contributed by atoms with Crippen molar-refractivity contribution < 1.29 is 8.84 Å². The van der Waals surface area contributed by atoms with Crippen LogP contribution in [-0.2, 0) is 4.43 Å². The molecule has 0 aliphatic carbocycles. The molecule has 0 unspecified atom stereocenters. The van der Waals surface area contributed by atoms with Crippen molar-refractivity contribution in [2.75, 3.05) is 0 Å². The van der Waals surface area contributed by atoms with Gasteiger partial charge in [0.2, 0.25) is 8.32 Å². The first-order valence-corrected chi connectivity index (χ1v) is 9.44. The molecule has 94 valence electrons. The minimum atomic E-state index is -1.64. The first-order chi connectivity index (χ1) is 8.54. The predicted octanol–water partition coefficient (Wildman–Crippen LogP) is 4.63. The first kappa shape index (κ1) is 12.7. The van der Waals surface area contributed by atoms with Gasteiger partial charge in [-0.2, -0.15) is 0 Å². The summed E-state index contributed by atoms with van der Waals surface area (Å²) in [5.74, 6) is 0.883. The lowest BCUT2D eigenvalue weighted by Gasteiger charge is -2.21. The summed E-state index contributed by atoms with van der Waals surface area (Å²) < 4.78 is 11.3. The summed E-state index contributed by atoms with van der Waals surface area (Å²) in [5, 5.41) is 0. The van der Waals surface area contributed by atoms with Crippen LogP contribution in [-0.4, -0.2) is 8.32 Å². The Kier molecular flexibility index (Phi) is 3.72. The maximum absolute atomic E-state index is 6.13. The monoisotopic (exact) mass is 258 g/mol. The predicted molar refractivity (Wildman–Crippen MR) is 77.5 cm³/mol.